The Morgan fingerprint density at radius 3 is 2.67 bits per heavy atom. The summed E-state index contributed by atoms with van der Waals surface area (Å²) in [4.78, 5) is 9.03. The predicted molar refractivity (Wildman–Crippen MR) is 121 cm³/mol. The van der Waals surface area contributed by atoms with Crippen LogP contribution in [-0.2, 0) is 24.9 Å². The minimum Gasteiger partial charge on any atom is -0.491 e. The SMILES string of the molecule is CCOCCOc1cc(C)ccc1CNC(=NC)NCc1nc2ccccc2n1C. The van der Waals surface area contributed by atoms with Gasteiger partial charge in [0, 0.05) is 32.8 Å². The van der Waals surface area contributed by atoms with Gasteiger partial charge < -0.3 is 24.7 Å². The number of hydrogen-bond donors (Lipinski definition) is 2. The van der Waals surface area contributed by atoms with Gasteiger partial charge in [-0.15, -0.1) is 0 Å². The average Bonchev–Trinajstić information content (AvgIpc) is 3.08. The lowest BCUT2D eigenvalue weighted by atomic mass is 10.1. The second kappa shape index (κ2) is 10.6. The van der Waals surface area contributed by atoms with Crippen molar-refractivity contribution < 1.29 is 9.47 Å². The van der Waals surface area contributed by atoms with Crippen LogP contribution in [0.25, 0.3) is 11.0 Å². The molecule has 0 aliphatic heterocycles. The number of nitrogens with zero attached hydrogens (tertiary/aromatic N) is 3. The normalized spacial score (nSPS) is 11.7. The Kier molecular flexibility index (Phi) is 7.68. The number of hydrogen-bond acceptors (Lipinski definition) is 4. The van der Waals surface area contributed by atoms with Gasteiger partial charge in [-0.1, -0.05) is 24.3 Å². The molecule has 0 saturated heterocycles. The Morgan fingerprint density at radius 2 is 1.90 bits per heavy atom. The van der Waals surface area contributed by atoms with Gasteiger partial charge in [0.1, 0.15) is 18.2 Å². The molecule has 3 aromatic rings. The molecule has 0 saturated carbocycles. The number of aromatic nitrogens is 2. The van der Waals surface area contributed by atoms with Crippen LogP contribution in [0, 0.1) is 6.92 Å². The number of nitrogens with one attached hydrogen (secondary N) is 2. The quantitative estimate of drug-likeness (QED) is 0.323. The summed E-state index contributed by atoms with van der Waals surface area (Å²) in [6.45, 7) is 7.03. The number of ether oxygens (including phenoxy) is 2. The fourth-order valence-corrected chi connectivity index (χ4v) is 3.21. The summed E-state index contributed by atoms with van der Waals surface area (Å²) in [6.07, 6.45) is 0. The van der Waals surface area contributed by atoms with Crippen LogP contribution < -0.4 is 15.4 Å². The maximum absolute atomic E-state index is 5.93. The highest BCUT2D eigenvalue weighted by atomic mass is 16.5. The zero-order valence-electron chi connectivity index (χ0n) is 18.2. The molecule has 0 atom stereocenters. The van der Waals surface area contributed by atoms with Crippen molar-refractivity contribution >= 4 is 17.0 Å². The number of aliphatic imine (C=N–C) groups is 1. The first kappa shape index (κ1) is 21.6. The number of para-hydroxylation sites is 2. The molecule has 2 N–H and O–H groups in total. The molecule has 0 fully saturated rings. The maximum Gasteiger partial charge on any atom is 0.191 e. The molecular formula is C23H31N5O2. The first-order chi connectivity index (χ1) is 14.6. The lowest BCUT2D eigenvalue weighted by Gasteiger charge is -2.15. The van der Waals surface area contributed by atoms with Gasteiger partial charge in [0.15, 0.2) is 5.96 Å². The average molecular weight is 410 g/mol. The van der Waals surface area contributed by atoms with Crippen molar-refractivity contribution in [3.8, 4) is 5.75 Å². The van der Waals surface area contributed by atoms with E-state index in [4.69, 9.17) is 14.5 Å². The highest BCUT2D eigenvalue weighted by Crippen LogP contribution is 2.20. The summed E-state index contributed by atoms with van der Waals surface area (Å²) in [7, 11) is 3.79. The van der Waals surface area contributed by atoms with Gasteiger partial charge in [-0.25, -0.2) is 4.98 Å². The lowest BCUT2D eigenvalue weighted by molar-refractivity contribution is 0.110. The summed E-state index contributed by atoms with van der Waals surface area (Å²) in [6, 6.07) is 14.3. The van der Waals surface area contributed by atoms with Gasteiger partial charge in [0.05, 0.1) is 24.2 Å². The Bertz CT molecular complexity index is 996. The molecule has 0 radical (unpaired) electrons. The first-order valence-electron chi connectivity index (χ1n) is 10.3. The van der Waals surface area contributed by atoms with E-state index in [-0.39, 0.29) is 0 Å². The molecule has 1 heterocycles. The standard InChI is InChI=1S/C23H31N5O2/c1-5-29-12-13-30-21-14-17(2)10-11-18(21)15-25-23(24-3)26-16-22-27-19-8-6-7-9-20(19)28(22)4/h6-11,14H,5,12-13,15-16H2,1-4H3,(H2,24,25,26). The summed E-state index contributed by atoms with van der Waals surface area (Å²) < 4.78 is 13.4. The molecule has 7 heteroatoms. The molecule has 0 amide bonds. The van der Waals surface area contributed by atoms with Crippen LogP contribution in [0.3, 0.4) is 0 Å². The third-order valence-corrected chi connectivity index (χ3v) is 4.88. The Labute approximate surface area is 178 Å². The Hall–Kier alpha value is -3.06. The molecule has 0 bridgehead atoms. The van der Waals surface area contributed by atoms with Crippen molar-refractivity contribution in [2.24, 2.45) is 12.0 Å². The van der Waals surface area contributed by atoms with E-state index >= 15 is 0 Å². The van der Waals surface area contributed by atoms with Gasteiger partial charge in [-0.3, -0.25) is 4.99 Å². The second-order valence-electron chi connectivity index (χ2n) is 7.01. The molecule has 160 valence electrons. The monoisotopic (exact) mass is 409 g/mol. The fraction of sp³-hybridized carbons (Fsp3) is 0.391. The minimum absolute atomic E-state index is 0.532. The highest BCUT2D eigenvalue weighted by Gasteiger charge is 2.09. The molecule has 0 spiro atoms. The smallest absolute Gasteiger partial charge is 0.191 e. The summed E-state index contributed by atoms with van der Waals surface area (Å²) in [5, 5.41) is 6.70. The number of aryl methyl sites for hydroxylation is 2. The van der Waals surface area contributed by atoms with Crippen molar-refractivity contribution in [1.29, 1.82) is 0 Å². The number of rotatable bonds is 9. The summed E-state index contributed by atoms with van der Waals surface area (Å²) in [5.41, 5.74) is 4.34. The van der Waals surface area contributed by atoms with E-state index < -0.39 is 0 Å². The van der Waals surface area contributed by atoms with Crippen LogP contribution in [0.1, 0.15) is 23.9 Å². The third-order valence-electron chi connectivity index (χ3n) is 4.88. The Balaban J connectivity index is 1.59. The van der Waals surface area contributed by atoms with E-state index in [2.05, 4.69) is 51.4 Å². The van der Waals surface area contributed by atoms with E-state index in [0.29, 0.717) is 38.9 Å². The minimum atomic E-state index is 0.532. The van der Waals surface area contributed by atoms with Gasteiger partial charge in [-0.2, -0.15) is 0 Å². The van der Waals surface area contributed by atoms with E-state index in [0.717, 1.165) is 33.7 Å². The largest absolute Gasteiger partial charge is 0.491 e. The number of benzene rings is 2. The van der Waals surface area contributed by atoms with Crippen molar-refractivity contribution in [3.05, 3.63) is 59.4 Å². The molecule has 2 aromatic carbocycles. The maximum atomic E-state index is 5.93. The predicted octanol–water partition coefficient (Wildman–Crippen LogP) is 3.16. The van der Waals surface area contributed by atoms with Gasteiger partial charge in [0.2, 0.25) is 0 Å². The molecule has 3 rings (SSSR count). The fourth-order valence-electron chi connectivity index (χ4n) is 3.21. The van der Waals surface area contributed by atoms with E-state index in [1.165, 1.54) is 0 Å². The second-order valence-corrected chi connectivity index (χ2v) is 7.01. The van der Waals surface area contributed by atoms with Crippen molar-refractivity contribution in [1.82, 2.24) is 20.2 Å². The molecule has 1 aromatic heterocycles. The molecule has 0 aliphatic carbocycles. The van der Waals surface area contributed by atoms with Crippen molar-refractivity contribution in [3.63, 3.8) is 0 Å². The third kappa shape index (κ3) is 5.51. The van der Waals surface area contributed by atoms with Crippen LogP contribution in [-0.4, -0.2) is 42.4 Å². The molecule has 0 aliphatic rings. The zero-order valence-corrected chi connectivity index (χ0v) is 18.2. The molecule has 7 nitrogen and oxygen atoms in total. The van der Waals surface area contributed by atoms with E-state index in [9.17, 15) is 0 Å². The zero-order chi connectivity index (χ0) is 21.3. The van der Waals surface area contributed by atoms with E-state index in [1.54, 1.807) is 7.05 Å². The number of fused-ring (bicyclic) bond motifs is 1. The van der Waals surface area contributed by atoms with Crippen molar-refractivity contribution in [2.45, 2.75) is 26.9 Å². The van der Waals surface area contributed by atoms with E-state index in [1.807, 2.05) is 32.2 Å². The van der Waals surface area contributed by atoms with Gasteiger partial charge in [-0.05, 0) is 37.6 Å². The highest BCUT2D eigenvalue weighted by molar-refractivity contribution is 5.80. The first-order valence-corrected chi connectivity index (χ1v) is 10.3. The van der Waals surface area contributed by atoms with Crippen molar-refractivity contribution in [2.75, 3.05) is 26.9 Å². The lowest BCUT2D eigenvalue weighted by Crippen LogP contribution is -2.37. The summed E-state index contributed by atoms with van der Waals surface area (Å²) >= 11 is 0. The van der Waals surface area contributed by atoms with Crippen LogP contribution in [0.4, 0.5) is 0 Å². The molecule has 30 heavy (non-hydrogen) atoms. The van der Waals surface area contributed by atoms with Crippen LogP contribution in [0.15, 0.2) is 47.5 Å². The Morgan fingerprint density at radius 1 is 1.10 bits per heavy atom. The molecular weight excluding hydrogens is 378 g/mol. The van der Waals surface area contributed by atoms with Gasteiger partial charge in [0.25, 0.3) is 0 Å². The topological polar surface area (TPSA) is 72.7 Å². The number of imidazole rings is 1. The summed E-state index contributed by atoms with van der Waals surface area (Å²) in [5.74, 6) is 2.53. The number of guanidine groups is 1. The van der Waals surface area contributed by atoms with Crippen LogP contribution >= 0.6 is 0 Å². The molecule has 0 unspecified atom stereocenters. The van der Waals surface area contributed by atoms with Crippen LogP contribution in [0.2, 0.25) is 0 Å². The van der Waals surface area contributed by atoms with Gasteiger partial charge >= 0.3 is 0 Å². The van der Waals surface area contributed by atoms with Crippen LogP contribution in [0.5, 0.6) is 5.75 Å².